The van der Waals surface area contributed by atoms with Gasteiger partial charge in [-0.2, -0.15) is 0 Å². The van der Waals surface area contributed by atoms with Crippen molar-refractivity contribution in [3.63, 3.8) is 0 Å². The number of nitrogens with one attached hydrogen (secondary N) is 2. The van der Waals surface area contributed by atoms with Gasteiger partial charge in [-0.15, -0.1) is 0 Å². The molecule has 112 valence electrons. The van der Waals surface area contributed by atoms with E-state index in [0.717, 1.165) is 36.0 Å². The van der Waals surface area contributed by atoms with E-state index in [9.17, 15) is 4.39 Å². The Morgan fingerprint density at radius 2 is 1.90 bits per heavy atom. The highest BCUT2D eigenvalue weighted by atomic mass is 19.1. The van der Waals surface area contributed by atoms with Gasteiger partial charge in [0.25, 0.3) is 0 Å². The first-order chi connectivity index (χ1) is 10.1. The van der Waals surface area contributed by atoms with E-state index >= 15 is 0 Å². The summed E-state index contributed by atoms with van der Waals surface area (Å²) in [5, 5.41) is 6.49. The van der Waals surface area contributed by atoms with E-state index in [4.69, 9.17) is 0 Å². The van der Waals surface area contributed by atoms with Crippen LogP contribution in [0.1, 0.15) is 38.2 Å². The second-order valence-electron chi connectivity index (χ2n) is 4.86. The Morgan fingerprint density at radius 1 is 1.14 bits per heavy atom. The quantitative estimate of drug-likeness (QED) is 0.849. The average molecular weight is 288 g/mol. The van der Waals surface area contributed by atoms with E-state index in [0.29, 0.717) is 0 Å². The zero-order chi connectivity index (χ0) is 15.2. The highest BCUT2D eigenvalue weighted by Gasteiger charge is 2.09. The molecule has 2 N–H and O–H groups in total. The molecule has 0 aliphatic rings. The SMILES string of the molecule is CCNc1cc(NC(C)c2cccc(F)c2)nc(CC)n1. The fourth-order valence-electron chi connectivity index (χ4n) is 2.08. The summed E-state index contributed by atoms with van der Waals surface area (Å²) in [4.78, 5) is 8.88. The van der Waals surface area contributed by atoms with Crippen molar-refractivity contribution in [2.45, 2.75) is 33.2 Å². The average Bonchev–Trinajstić information content (AvgIpc) is 2.47. The maximum atomic E-state index is 13.3. The van der Waals surface area contributed by atoms with Gasteiger partial charge in [-0.3, -0.25) is 0 Å². The summed E-state index contributed by atoms with van der Waals surface area (Å²) < 4.78 is 13.3. The number of benzene rings is 1. The molecular weight excluding hydrogens is 267 g/mol. The van der Waals surface area contributed by atoms with Crippen molar-refractivity contribution in [1.29, 1.82) is 0 Å². The monoisotopic (exact) mass is 288 g/mol. The topological polar surface area (TPSA) is 49.8 Å². The molecule has 0 amide bonds. The number of aryl methyl sites for hydroxylation is 1. The number of halogens is 1. The molecule has 1 atom stereocenters. The number of anilines is 2. The molecule has 21 heavy (non-hydrogen) atoms. The first-order valence-corrected chi connectivity index (χ1v) is 7.26. The van der Waals surface area contributed by atoms with Gasteiger partial charge in [0.1, 0.15) is 23.3 Å². The lowest BCUT2D eigenvalue weighted by Gasteiger charge is -2.16. The van der Waals surface area contributed by atoms with Crippen LogP contribution in [-0.4, -0.2) is 16.5 Å². The molecule has 5 heteroatoms. The lowest BCUT2D eigenvalue weighted by molar-refractivity contribution is 0.623. The predicted octanol–water partition coefficient (Wildman–Crippen LogP) is 3.78. The normalized spacial score (nSPS) is 12.0. The summed E-state index contributed by atoms with van der Waals surface area (Å²) in [5.41, 5.74) is 0.886. The highest BCUT2D eigenvalue weighted by Crippen LogP contribution is 2.20. The molecule has 2 aromatic rings. The maximum Gasteiger partial charge on any atom is 0.132 e. The second kappa shape index (κ2) is 7.02. The van der Waals surface area contributed by atoms with Crippen LogP contribution in [0.25, 0.3) is 0 Å². The molecule has 0 spiro atoms. The third kappa shape index (κ3) is 4.15. The molecule has 1 aromatic heterocycles. The van der Waals surface area contributed by atoms with Crippen molar-refractivity contribution >= 4 is 11.6 Å². The van der Waals surface area contributed by atoms with Crippen LogP contribution in [0, 0.1) is 5.82 Å². The van der Waals surface area contributed by atoms with Crippen LogP contribution in [0.5, 0.6) is 0 Å². The predicted molar refractivity (Wildman–Crippen MR) is 84.0 cm³/mol. The van der Waals surface area contributed by atoms with Crippen LogP contribution in [0.3, 0.4) is 0 Å². The van der Waals surface area contributed by atoms with E-state index in [-0.39, 0.29) is 11.9 Å². The van der Waals surface area contributed by atoms with Gasteiger partial charge in [-0.25, -0.2) is 14.4 Å². The number of hydrogen-bond acceptors (Lipinski definition) is 4. The first kappa shape index (κ1) is 15.2. The summed E-state index contributed by atoms with van der Waals surface area (Å²) in [6.45, 7) is 6.83. The van der Waals surface area contributed by atoms with E-state index in [1.807, 2.05) is 32.9 Å². The van der Waals surface area contributed by atoms with E-state index in [2.05, 4.69) is 20.6 Å². The largest absolute Gasteiger partial charge is 0.370 e. The van der Waals surface area contributed by atoms with Crippen LogP contribution in [-0.2, 0) is 6.42 Å². The van der Waals surface area contributed by atoms with E-state index < -0.39 is 0 Å². The summed E-state index contributed by atoms with van der Waals surface area (Å²) in [7, 11) is 0. The van der Waals surface area contributed by atoms with Gasteiger partial charge in [0, 0.05) is 19.0 Å². The molecule has 0 saturated heterocycles. The minimum absolute atomic E-state index is 0.0326. The van der Waals surface area contributed by atoms with Gasteiger partial charge >= 0.3 is 0 Å². The van der Waals surface area contributed by atoms with Crippen molar-refractivity contribution in [3.8, 4) is 0 Å². The van der Waals surface area contributed by atoms with Gasteiger partial charge in [-0.05, 0) is 31.5 Å². The molecule has 0 bridgehead atoms. The van der Waals surface area contributed by atoms with Gasteiger partial charge < -0.3 is 10.6 Å². The molecule has 0 radical (unpaired) electrons. The molecule has 0 fully saturated rings. The molecule has 4 nitrogen and oxygen atoms in total. The zero-order valence-electron chi connectivity index (χ0n) is 12.7. The Bertz CT molecular complexity index is 601. The summed E-state index contributed by atoms with van der Waals surface area (Å²) in [6, 6.07) is 8.43. The van der Waals surface area contributed by atoms with Crippen molar-refractivity contribution in [3.05, 3.63) is 47.5 Å². The van der Waals surface area contributed by atoms with Crippen LogP contribution in [0.2, 0.25) is 0 Å². The summed E-state index contributed by atoms with van der Waals surface area (Å²) >= 11 is 0. The smallest absolute Gasteiger partial charge is 0.132 e. The molecule has 0 aliphatic heterocycles. The number of nitrogens with zero attached hydrogens (tertiary/aromatic N) is 2. The third-order valence-electron chi connectivity index (χ3n) is 3.16. The van der Waals surface area contributed by atoms with E-state index in [1.54, 1.807) is 6.07 Å². The first-order valence-electron chi connectivity index (χ1n) is 7.26. The van der Waals surface area contributed by atoms with Crippen molar-refractivity contribution in [2.75, 3.05) is 17.2 Å². The Balaban J connectivity index is 2.19. The standard InChI is InChI=1S/C16H21FN4/c1-4-14-20-15(18-5-2)10-16(21-14)19-11(3)12-7-6-8-13(17)9-12/h6-11H,4-5H2,1-3H3,(H2,18,19,20,21). The van der Waals surface area contributed by atoms with Gasteiger partial charge in [0.15, 0.2) is 0 Å². The van der Waals surface area contributed by atoms with Gasteiger partial charge in [0.05, 0.1) is 6.04 Å². The van der Waals surface area contributed by atoms with Crippen molar-refractivity contribution in [2.24, 2.45) is 0 Å². The number of hydrogen-bond donors (Lipinski definition) is 2. The summed E-state index contributed by atoms with van der Waals surface area (Å²) in [5.74, 6) is 2.10. The third-order valence-corrected chi connectivity index (χ3v) is 3.16. The Labute approximate surface area is 124 Å². The minimum atomic E-state index is -0.230. The highest BCUT2D eigenvalue weighted by molar-refractivity contribution is 5.48. The molecular formula is C16H21FN4. The second-order valence-corrected chi connectivity index (χ2v) is 4.86. The van der Waals surface area contributed by atoms with Crippen molar-refractivity contribution < 1.29 is 4.39 Å². The fourth-order valence-corrected chi connectivity index (χ4v) is 2.08. The number of aromatic nitrogens is 2. The molecule has 2 rings (SSSR count). The van der Waals surface area contributed by atoms with Gasteiger partial charge in [-0.1, -0.05) is 19.1 Å². The van der Waals surface area contributed by atoms with Crippen LogP contribution >= 0.6 is 0 Å². The Morgan fingerprint density at radius 3 is 2.57 bits per heavy atom. The van der Waals surface area contributed by atoms with E-state index in [1.165, 1.54) is 12.1 Å². The van der Waals surface area contributed by atoms with Crippen molar-refractivity contribution in [1.82, 2.24) is 9.97 Å². The van der Waals surface area contributed by atoms with Crippen LogP contribution in [0.4, 0.5) is 16.0 Å². The molecule has 1 aromatic carbocycles. The fraction of sp³-hybridized carbons (Fsp3) is 0.375. The molecule has 0 saturated carbocycles. The zero-order valence-corrected chi connectivity index (χ0v) is 12.7. The molecule has 0 aliphatic carbocycles. The van der Waals surface area contributed by atoms with Gasteiger partial charge in [0.2, 0.25) is 0 Å². The number of rotatable bonds is 6. The Hall–Kier alpha value is -2.17. The molecule has 1 unspecified atom stereocenters. The molecule has 1 heterocycles. The van der Waals surface area contributed by atoms with Crippen LogP contribution < -0.4 is 10.6 Å². The Kier molecular flexibility index (Phi) is 5.09. The summed E-state index contributed by atoms with van der Waals surface area (Å²) in [6.07, 6.45) is 0.766. The van der Waals surface area contributed by atoms with Crippen LogP contribution in [0.15, 0.2) is 30.3 Å². The lowest BCUT2D eigenvalue weighted by atomic mass is 10.1. The minimum Gasteiger partial charge on any atom is -0.370 e. The lowest BCUT2D eigenvalue weighted by Crippen LogP contribution is -2.11. The maximum absolute atomic E-state index is 13.3.